The molecule has 0 saturated carbocycles. The fourth-order valence-electron chi connectivity index (χ4n) is 3.10. The maximum atomic E-state index is 11.6. The van der Waals surface area contributed by atoms with E-state index in [1.165, 1.54) is 5.56 Å². The van der Waals surface area contributed by atoms with E-state index < -0.39 is 11.9 Å². The molecule has 2 aromatic carbocycles. The minimum Gasteiger partial charge on any atom is -0.486 e. The van der Waals surface area contributed by atoms with Crippen LogP contribution in [0, 0.1) is 0 Å². The third-order valence-corrected chi connectivity index (χ3v) is 4.46. The summed E-state index contributed by atoms with van der Waals surface area (Å²) in [7, 11) is 0. The molecule has 162 valence electrons. The molecule has 0 aliphatic carbocycles. The molecule has 2 heterocycles. The number of rotatable bonds is 6. The minimum absolute atomic E-state index is 0.00123. The van der Waals surface area contributed by atoms with E-state index in [9.17, 15) is 14.4 Å². The molecule has 4 N–H and O–H groups in total. The van der Waals surface area contributed by atoms with E-state index in [0.717, 1.165) is 23.5 Å². The molecular weight excluding hydrogens is 404 g/mol. The van der Waals surface area contributed by atoms with Crippen LogP contribution >= 0.6 is 0 Å². The molecular formula is C22H22N2O7. The van der Waals surface area contributed by atoms with Crippen molar-refractivity contribution in [1.82, 2.24) is 5.32 Å². The summed E-state index contributed by atoms with van der Waals surface area (Å²) < 4.78 is 11.9. The van der Waals surface area contributed by atoms with Gasteiger partial charge in [0.25, 0.3) is 0 Å². The van der Waals surface area contributed by atoms with E-state index in [4.69, 9.17) is 19.7 Å². The molecule has 2 aromatic rings. The quantitative estimate of drug-likeness (QED) is 0.514. The summed E-state index contributed by atoms with van der Waals surface area (Å²) in [6, 6.07) is 14.0. The zero-order valence-electron chi connectivity index (χ0n) is 16.5. The lowest BCUT2D eigenvalue weighted by atomic mass is 10.1. The van der Waals surface area contributed by atoms with Gasteiger partial charge in [0.05, 0.1) is 6.42 Å². The molecule has 9 heteroatoms. The highest BCUT2D eigenvalue weighted by molar-refractivity contribution is 6.00. The lowest BCUT2D eigenvalue weighted by Crippen LogP contribution is -2.38. The van der Waals surface area contributed by atoms with Crippen LogP contribution in [0.5, 0.6) is 11.5 Å². The molecule has 2 aliphatic rings. The summed E-state index contributed by atoms with van der Waals surface area (Å²) in [4.78, 5) is 30.7. The predicted octanol–water partition coefficient (Wildman–Crippen LogP) is 1.82. The number of aliphatic carboxylic acids is 2. The van der Waals surface area contributed by atoms with Crippen LogP contribution in [0.2, 0.25) is 0 Å². The van der Waals surface area contributed by atoms with Gasteiger partial charge < -0.3 is 30.3 Å². The molecule has 0 bridgehead atoms. The molecule has 9 nitrogen and oxygen atoms in total. The molecule has 0 fully saturated rings. The smallest absolute Gasteiger partial charge is 0.328 e. The molecule has 4 rings (SSSR count). The average Bonchev–Trinajstić information content (AvgIpc) is 3.14. The van der Waals surface area contributed by atoms with Gasteiger partial charge in [-0.3, -0.25) is 4.79 Å². The monoisotopic (exact) mass is 426 g/mol. The number of anilines is 1. The Morgan fingerprint density at radius 1 is 1.10 bits per heavy atom. The van der Waals surface area contributed by atoms with E-state index in [-0.39, 0.29) is 12.0 Å². The van der Waals surface area contributed by atoms with Crippen molar-refractivity contribution in [2.45, 2.75) is 19.1 Å². The number of hydrogen-bond acceptors (Lipinski definition) is 6. The molecule has 0 aromatic heterocycles. The topological polar surface area (TPSA) is 134 Å². The van der Waals surface area contributed by atoms with Crippen molar-refractivity contribution in [2.24, 2.45) is 0 Å². The Morgan fingerprint density at radius 3 is 2.48 bits per heavy atom. The Bertz CT molecular complexity index is 973. The van der Waals surface area contributed by atoms with Crippen molar-refractivity contribution >= 4 is 23.5 Å². The number of benzene rings is 2. The Morgan fingerprint density at radius 2 is 1.81 bits per heavy atom. The second-order valence-corrected chi connectivity index (χ2v) is 6.82. The lowest BCUT2D eigenvalue weighted by molar-refractivity contribution is -0.134. The second-order valence-electron chi connectivity index (χ2n) is 6.82. The highest BCUT2D eigenvalue weighted by Crippen LogP contribution is 2.41. The van der Waals surface area contributed by atoms with Gasteiger partial charge >= 0.3 is 11.9 Å². The highest BCUT2D eigenvalue weighted by atomic mass is 16.6. The van der Waals surface area contributed by atoms with Crippen molar-refractivity contribution in [3.05, 3.63) is 65.7 Å². The first-order valence-electron chi connectivity index (χ1n) is 9.56. The molecule has 0 radical (unpaired) electrons. The number of fused-ring (bicyclic) bond motifs is 3. The zero-order valence-corrected chi connectivity index (χ0v) is 16.5. The Balaban J connectivity index is 0.000000293. The van der Waals surface area contributed by atoms with Gasteiger partial charge in [-0.25, -0.2) is 9.59 Å². The number of nitrogens with one attached hydrogen (secondary N) is 2. The predicted molar refractivity (Wildman–Crippen MR) is 111 cm³/mol. The van der Waals surface area contributed by atoms with Crippen LogP contribution in [0.15, 0.2) is 54.6 Å². The van der Waals surface area contributed by atoms with Crippen LogP contribution in [0.25, 0.3) is 0 Å². The number of amides is 1. The fraction of sp³-hybridized carbons (Fsp3) is 0.227. The van der Waals surface area contributed by atoms with Gasteiger partial charge in [0.2, 0.25) is 5.91 Å². The number of ether oxygens (including phenoxy) is 2. The largest absolute Gasteiger partial charge is 0.486 e. The van der Waals surface area contributed by atoms with Crippen LogP contribution in [0.4, 0.5) is 5.69 Å². The Labute approximate surface area is 178 Å². The summed E-state index contributed by atoms with van der Waals surface area (Å²) in [6.45, 7) is 1.99. The molecule has 1 amide bonds. The summed E-state index contributed by atoms with van der Waals surface area (Å²) in [5.41, 5.74) is 2.97. The number of carbonyl (C=O) groups is 3. The normalized spacial score (nSPS) is 16.1. The molecule has 0 unspecified atom stereocenters. The van der Waals surface area contributed by atoms with E-state index >= 15 is 0 Å². The van der Waals surface area contributed by atoms with Gasteiger partial charge in [-0.2, -0.15) is 0 Å². The highest BCUT2D eigenvalue weighted by Gasteiger charge is 2.29. The van der Waals surface area contributed by atoms with Crippen molar-refractivity contribution in [2.75, 3.05) is 18.5 Å². The van der Waals surface area contributed by atoms with E-state index in [2.05, 4.69) is 22.8 Å². The third kappa shape index (κ3) is 6.31. The molecule has 0 spiro atoms. The fourth-order valence-corrected chi connectivity index (χ4v) is 3.10. The molecule has 0 saturated heterocycles. The van der Waals surface area contributed by atoms with Gasteiger partial charge in [0.1, 0.15) is 12.7 Å². The van der Waals surface area contributed by atoms with Gasteiger partial charge in [-0.15, -0.1) is 0 Å². The summed E-state index contributed by atoms with van der Waals surface area (Å²) in [5, 5.41) is 21.9. The van der Waals surface area contributed by atoms with Crippen molar-refractivity contribution in [1.29, 1.82) is 0 Å². The number of carboxylic acids is 2. The first-order chi connectivity index (χ1) is 14.9. The summed E-state index contributed by atoms with van der Waals surface area (Å²) in [6.07, 6.45) is 1.41. The van der Waals surface area contributed by atoms with Crippen LogP contribution in [-0.2, 0) is 27.3 Å². The Kier molecular flexibility index (Phi) is 7.23. The molecule has 1 atom stereocenters. The van der Waals surface area contributed by atoms with Crippen molar-refractivity contribution in [3.63, 3.8) is 0 Å². The zero-order chi connectivity index (χ0) is 22.2. The van der Waals surface area contributed by atoms with E-state index in [1.807, 2.05) is 30.3 Å². The first kappa shape index (κ1) is 21.8. The third-order valence-electron chi connectivity index (χ3n) is 4.46. The van der Waals surface area contributed by atoms with E-state index in [1.54, 1.807) is 0 Å². The van der Waals surface area contributed by atoms with Gasteiger partial charge in [0, 0.05) is 36.5 Å². The lowest BCUT2D eigenvalue weighted by Gasteiger charge is -2.28. The Hall–Kier alpha value is -3.85. The summed E-state index contributed by atoms with van der Waals surface area (Å²) in [5.74, 6) is -1.08. The van der Waals surface area contributed by atoms with Crippen LogP contribution in [-0.4, -0.2) is 47.3 Å². The maximum absolute atomic E-state index is 11.6. The van der Waals surface area contributed by atoms with E-state index in [0.29, 0.717) is 37.5 Å². The summed E-state index contributed by atoms with van der Waals surface area (Å²) >= 11 is 0. The van der Waals surface area contributed by atoms with Gasteiger partial charge in [0.15, 0.2) is 11.5 Å². The van der Waals surface area contributed by atoms with Crippen LogP contribution in [0.3, 0.4) is 0 Å². The van der Waals surface area contributed by atoms with Crippen molar-refractivity contribution < 1.29 is 34.1 Å². The standard InChI is InChI=1S/C18H18N2O3.C4H4O4/c21-17-8-14-15(20-17)6-7-16-18(14)23-13(11-22-16)10-19-9-12-4-2-1-3-5-12;5-3(6)1-2-4(7)8/h1-7,13,19H,8-11H2,(H,20,21);1-2H,(H,5,6)(H,7,8)/b;2-1+/t13-;/m0./s1. The maximum Gasteiger partial charge on any atom is 0.328 e. The number of carboxylic acid groups (broad SMARTS) is 2. The molecule has 2 aliphatic heterocycles. The number of hydrogen-bond donors (Lipinski definition) is 4. The van der Waals surface area contributed by atoms with Crippen LogP contribution in [0.1, 0.15) is 11.1 Å². The molecule has 31 heavy (non-hydrogen) atoms. The number of carbonyl (C=O) groups excluding carboxylic acids is 1. The van der Waals surface area contributed by atoms with Crippen molar-refractivity contribution in [3.8, 4) is 11.5 Å². The van der Waals surface area contributed by atoms with Crippen LogP contribution < -0.4 is 20.1 Å². The second kappa shape index (κ2) is 10.3. The first-order valence-corrected chi connectivity index (χ1v) is 9.56. The van der Waals surface area contributed by atoms with Gasteiger partial charge in [-0.05, 0) is 17.7 Å². The average molecular weight is 426 g/mol. The van der Waals surface area contributed by atoms with Gasteiger partial charge in [-0.1, -0.05) is 30.3 Å². The minimum atomic E-state index is -1.26. The SMILES string of the molecule is O=C(O)/C=C/C(=O)O.O=C1Cc2c(ccc3c2O[C@@H](CNCc2ccccc2)CO3)N1.